The molecule has 4 heteroatoms. The Kier molecular flexibility index (Phi) is 4.60. The Morgan fingerprint density at radius 1 is 1.00 bits per heavy atom. The van der Waals surface area contributed by atoms with Crippen molar-refractivity contribution in [3.8, 4) is 17.2 Å². The van der Waals surface area contributed by atoms with E-state index in [0.29, 0.717) is 23.7 Å². The summed E-state index contributed by atoms with van der Waals surface area (Å²) in [7, 11) is 1.60. The van der Waals surface area contributed by atoms with Crippen molar-refractivity contribution in [3.63, 3.8) is 0 Å². The average molecular weight is 272 g/mol. The third-order valence-electron chi connectivity index (χ3n) is 2.67. The van der Waals surface area contributed by atoms with Crippen LogP contribution in [-0.2, 0) is 4.74 Å². The van der Waals surface area contributed by atoms with Gasteiger partial charge in [-0.1, -0.05) is 12.1 Å². The summed E-state index contributed by atoms with van der Waals surface area (Å²) >= 11 is 0. The van der Waals surface area contributed by atoms with Gasteiger partial charge in [0.25, 0.3) is 0 Å². The zero-order valence-corrected chi connectivity index (χ0v) is 11.5. The summed E-state index contributed by atoms with van der Waals surface area (Å²) in [6.45, 7) is 2.10. The zero-order chi connectivity index (χ0) is 14.4. The molecule has 2 rings (SSSR count). The number of methoxy groups -OCH3 is 1. The van der Waals surface area contributed by atoms with Gasteiger partial charge in [0.05, 0.1) is 13.7 Å². The van der Waals surface area contributed by atoms with E-state index >= 15 is 0 Å². The molecular formula is C16H16O4. The van der Waals surface area contributed by atoms with Gasteiger partial charge in [-0.2, -0.15) is 0 Å². The van der Waals surface area contributed by atoms with E-state index in [2.05, 4.69) is 0 Å². The van der Waals surface area contributed by atoms with Crippen LogP contribution in [0.25, 0.3) is 0 Å². The van der Waals surface area contributed by atoms with Crippen molar-refractivity contribution in [3.05, 3.63) is 54.1 Å². The summed E-state index contributed by atoms with van der Waals surface area (Å²) in [6.07, 6.45) is 0. The first-order valence-electron chi connectivity index (χ1n) is 6.32. The number of rotatable bonds is 5. The number of hydrogen-bond donors (Lipinski definition) is 0. The van der Waals surface area contributed by atoms with E-state index in [4.69, 9.17) is 14.2 Å². The fourth-order valence-electron chi connectivity index (χ4n) is 1.70. The standard InChI is InChI=1S/C16H16O4/c1-3-19-16(17)14-6-4-5-7-15(14)20-13-10-8-12(18-2)9-11-13/h4-11H,3H2,1-2H3. The first-order valence-corrected chi connectivity index (χ1v) is 6.32. The fourth-order valence-corrected chi connectivity index (χ4v) is 1.70. The molecule has 0 aliphatic carbocycles. The normalized spacial score (nSPS) is 9.90. The minimum atomic E-state index is -0.392. The molecule has 2 aromatic carbocycles. The van der Waals surface area contributed by atoms with Gasteiger partial charge in [-0.15, -0.1) is 0 Å². The number of para-hydroxylation sites is 1. The molecule has 2 aromatic rings. The largest absolute Gasteiger partial charge is 0.497 e. The van der Waals surface area contributed by atoms with Crippen molar-refractivity contribution in [1.29, 1.82) is 0 Å². The van der Waals surface area contributed by atoms with Gasteiger partial charge in [-0.05, 0) is 43.3 Å². The average Bonchev–Trinajstić information content (AvgIpc) is 2.49. The molecule has 0 amide bonds. The second-order valence-corrected chi connectivity index (χ2v) is 3.99. The number of benzene rings is 2. The van der Waals surface area contributed by atoms with E-state index in [1.807, 2.05) is 6.07 Å². The number of carbonyl (C=O) groups excluding carboxylic acids is 1. The van der Waals surface area contributed by atoms with Crippen LogP contribution >= 0.6 is 0 Å². The van der Waals surface area contributed by atoms with Gasteiger partial charge in [0, 0.05) is 0 Å². The van der Waals surface area contributed by atoms with E-state index < -0.39 is 5.97 Å². The molecule has 0 spiro atoms. The van der Waals surface area contributed by atoms with E-state index in [0.717, 1.165) is 5.75 Å². The molecule has 0 heterocycles. The lowest BCUT2D eigenvalue weighted by Crippen LogP contribution is -2.06. The van der Waals surface area contributed by atoms with Crippen molar-refractivity contribution < 1.29 is 19.0 Å². The predicted molar refractivity (Wildman–Crippen MR) is 75.5 cm³/mol. The smallest absolute Gasteiger partial charge is 0.341 e. The lowest BCUT2D eigenvalue weighted by molar-refractivity contribution is 0.0523. The Bertz CT molecular complexity index is 575. The number of hydrogen-bond acceptors (Lipinski definition) is 4. The molecule has 0 saturated carbocycles. The van der Waals surface area contributed by atoms with Gasteiger partial charge in [-0.25, -0.2) is 4.79 Å². The predicted octanol–water partition coefficient (Wildman–Crippen LogP) is 3.66. The third-order valence-corrected chi connectivity index (χ3v) is 2.67. The minimum Gasteiger partial charge on any atom is -0.497 e. The lowest BCUT2D eigenvalue weighted by Gasteiger charge is -2.10. The molecule has 4 nitrogen and oxygen atoms in total. The van der Waals surface area contributed by atoms with Crippen molar-refractivity contribution in [2.75, 3.05) is 13.7 Å². The molecule has 0 aromatic heterocycles. The molecule has 0 aliphatic rings. The Balaban J connectivity index is 2.21. The zero-order valence-electron chi connectivity index (χ0n) is 11.5. The quantitative estimate of drug-likeness (QED) is 0.779. The van der Waals surface area contributed by atoms with Crippen molar-refractivity contribution >= 4 is 5.97 Å². The maximum atomic E-state index is 11.8. The van der Waals surface area contributed by atoms with Crippen LogP contribution in [0.2, 0.25) is 0 Å². The maximum Gasteiger partial charge on any atom is 0.341 e. The highest BCUT2D eigenvalue weighted by Crippen LogP contribution is 2.27. The van der Waals surface area contributed by atoms with Gasteiger partial charge in [0.15, 0.2) is 0 Å². The Hall–Kier alpha value is -2.49. The molecule has 0 saturated heterocycles. The van der Waals surface area contributed by atoms with E-state index in [9.17, 15) is 4.79 Å². The topological polar surface area (TPSA) is 44.8 Å². The Morgan fingerprint density at radius 3 is 2.30 bits per heavy atom. The molecule has 0 fully saturated rings. The van der Waals surface area contributed by atoms with E-state index in [-0.39, 0.29) is 0 Å². The summed E-state index contributed by atoms with van der Waals surface area (Å²) in [5, 5.41) is 0. The van der Waals surface area contributed by atoms with E-state index in [1.165, 1.54) is 0 Å². The fraction of sp³-hybridized carbons (Fsp3) is 0.188. The van der Waals surface area contributed by atoms with Crippen LogP contribution in [0.3, 0.4) is 0 Å². The Morgan fingerprint density at radius 2 is 1.65 bits per heavy atom. The van der Waals surface area contributed by atoms with Gasteiger partial charge in [0.2, 0.25) is 0 Å². The van der Waals surface area contributed by atoms with Crippen LogP contribution in [0, 0.1) is 0 Å². The highest BCUT2D eigenvalue weighted by atomic mass is 16.5. The molecule has 104 valence electrons. The summed E-state index contributed by atoms with van der Waals surface area (Å²) in [5.41, 5.74) is 0.408. The first-order chi connectivity index (χ1) is 9.74. The molecular weight excluding hydrogens is 256 g/mol. The highest BCUT2D eigenvalue weighted by molar-refractivity contribution is 5.92. The van der Waals surface area contributed by atoms with Crippen LogP contribution in [0.4, 0.5) is 0 Å². The van der Waals surface area contributed by atoms with Crippen molar-refractivity contribution in [2.24, 2.45) is 0 Å². The molecule has 0 atom stereocenters. The molecule has 0 bridgehead atoms. The Labute approximate surface area is 117 Å². The van der Waals surface area contributed by atoms with E-state index in [1.54, 1.807) is 56.5 Å². The summed E-state index contributed by atoms with van der Waals surface area (Å²) in [6, 6.07) is 14.1. The molecule has 20 heavy (non-hydrogen) atoms. The van der Waals surface area contributed by atoms with Gasteiger partial charge < -0.3 is 14.2 Å². The van der Waals surface area contributed by atoms with Gasteiger partial charge in [0.1, 0.15) is 22.8 Å². The number of carbonyl (C=O) groups is 1. The van der Waals surface area contributed by atoms with Crippen LogP contribution < -0.4 is 9.47 Å². The third kappa shape index (κ3) is 3.29. The molecule has 0 unspecified atom stereocenters. The van der Waals surface area contributed by atoms with Crippen LogP contribution in [0.1, 0.15) is 17.3 Å². The first kappa shape index (κ1) is 13.9. The number of ether oxygens (including phenoxy) is 3. The summed E-state index contributed by atoms with van der Waals surface area (Å²) in [5.74, 6) is 1.45. The van der Waals surface area contributed by atoms with Crippen LogP contribution in [0.5, 0.6) is 17.2 Å². The van der Waals surface area contributed by atoms with Crippen molar-refractivity contribution in [1.82, 2.24) is 0 Å². The van der Waals surface area contributed by atoms with Crippen LogP contribution in [-0.4, -0.2) is 19.7 Å². The van der Waals surface area contributed by atoms with Crippen LogP contribution in [0.15, 0.2) is 48.5 Å². The summed E-state index contributed by atoms with van der Waals surface area (Å²) in [4.78, 5) is 11.8. The lowest BCUT2D eigenvalue weighted by atomic mass is 10.2. The second-order valence-electron chi connectivity index (χ2n) is 3.99. The molecule has 0 radical (unpaired) electrons. The maximum absolute atomic E-state index is 11.8. The number of esters is 1. The second kappa shape index (κ2) is 6.61. The molecule has 0 aliphatic heterocycles. The van der Waals surface area contributed by atoms with Gasteiger partial charge in [-0.3, -0.25) is 0 Å². The van der Waals surface area contributed by atoms with Gasteiger partial charge >= 0.3 is 5.97 Å². The highest BCUT2D eigenvalue weighted by Gasteiger charge is 2.13. The SMILES string of the molecule is CCOC(=O)c1ccccc1Oc1ccc(OC)cc1. The van der Waals surface area contributed by atoms with Crippen molar-refractivity contribution in [2.45, 2.75) is 6.92 Å². The summed E-state index contributed by atoms with van der Waals surface area (Å²) < 4.78 is 15.8. The monoisotopic (exact) mass is 272 g/mol. The molecule has 0 N–H and O–H groups in total. The minimum absolute atomic E-state index is 0.329.